The molecule has 6 rings (SSSR count). The van der Waals surface area contributed by atoms with E-state index in [1.165, 1.54) is 10.4 Å². The van der Waals surface area contributed by atoms with Crippen molar-refractivity contribution in [1.29, 1.82) is 0 Å². The highest BCUT2D eigenvalue weighted by atomic mass is 32.2. The molecule has 1 aliphatic rings. The van der Waals surface area contributed by atoms with E-state index < -0.39 is 16.0 Å². The number of fused-ring (bicyclic) bond motifs is 3. The monoisotopic (exact) mass is 584 g/mol. The van der Waals surface area contributed by atoms with E-state index in [0.717, 1.165) is 16.7 Å². The molecule has 0 aliphatic carbocycles. The van der Waals surface area contributed by atoms with Crippen molar-refractivity contribution < 1.29 is 18.3 Å². The van der Waals surface area contributed by atoms with Crippen molar-refractivity contribution in [3.05, 3.63) is 112 Å². The van der Waals surface area contributed by atoms with Gasteiger partial charge in [-0.3, -0.25) is 14.5 Å². The lowest BCUT2D eigenvalue weighted by Gasteiger charge is -2.47. The molecule has 1 aliphatic heterocycles. The second kappa shape index (κ2) is 11.2. The maximum absolute atomic E-state index is 13.9. The Kier molecular flexibility index (Phi) is 7.44. The molecule has 0 bridgehead atoms. The smallest absolute Gasteiger partial charge is 0.303 e. The summed E-state index contributed by atoms with van der Waals surface area (Å²) in [4.78, 5) is 32.0. The number of hydrogen-bond donors (Lipinski definition) is 3. The van der Waals surface area contributed by atoms with Crippen LogP contribution in [0.3, 0.4) is 0 Å². The zero-order valence-electron chi connectivity index (χ0n) is 23.2. The number of carboxylic acid groups (broad SMARTS) is 1. The first-order valence-corrected chi connectivity index (χ1v) is 15.4. The molecule has 1 saturated heterocycles. The van der Waals surface area contributed by atoms with Gasteiger partial charge < -0.3 is 15.1 Å². The first-order chi connectivity index (χ1) is 20.2. The summed E-state index contributed by atoms with van der Waals surface area (Å²) in [7, 11) is -2.22. The van der Waals surface area contributed by atoms with Crippen LogP contribution in [0.25, 0.3) is 21.8 Å². The van der Waals surface area contributed by atoms with Crippen LogP contribution >= 0.6 is 0 Å². The van der Waals surface area contributed by atoms with Crippen molar-refractivity contribution in [2.45, 2.75) is 36.2 Å². The molecular formula is C32H32N4O5S. The van der Waals surface area contributed by atoms with Gasteiger partial charge in [-0.2, -0.15) is 4.31 Å². The van der Waals surface area contributed by atoms with Crippen LogP contribution in [0.2, 0.25) is 0 Å². The van der Waals surface area contributed by atoms with Crippen molar-refractivity contribution in [1.82, 2.24) is 19.2 Å². The van der Waals surface area contributed by atoms with Crippen molar-refractivity contribution >= 4 is 37.8 Å². The molecule has 2 aromatic heterocycles. The Labute approximate surface area is 243 Å². The van der Waals surface area contributed by atoms with E-state index in [-0.39, 0.29) is 29.0 Å². The number of likely N-dealkylation sites (tertiary alicyclic amines) is 1. The molecule has 0 radical (unpaired) electrons. The van der Waals surface area contributed by atoms with Gasteiger partial charge in [0.05, 0.1) is 17.0 Å². The van der Waals surface area contributed by atoms with Crippen molar-refractivity contribution in [3.63, 3.8) is 0 Å². The van der Waals surface area contributed by atoms with Gasteiger partial charge in [0.2, 0.25) is 10.0 Å². The number of aliphatic carboxylic acids is 1. The van der Waals surface area contributed by atoms with Crippen LogP contribution in [0.15, 0.2) is 94.7 Å². The van der Waals surface area contributed by atoms with Crippen LogP contribution < -0.4 is 5.56 Å². The summed E-state index contributed by atoms with van der Waals surface area (Å²) >= 11 is 0. The number of nitrogens with one attached hydrogen (secondary N) is 2. The van der Waals surface area contributed by atoms with Crippen LogP contribution in [0.1, 0.15) is 35.6 Å². The molecule has 5 aromatic rings. The summed E-state index contributed by atoms with van der Waals surface area (Å²) in [6, 6.07) is 25.0. The summed E-state index contributed by atoms with van der Waals surface area (Å²) in [5.41, 5.74) is 3.66. The van der Waals surface area contributed by atoms with Gasteiger partial charge >= 0.3 is 5.97 Å². The lowest BCUT2D eigenvalue weighted by atomic mass is 9.93. The second-order valence-corrected chi connectivity index (χ2v) is 12.8. The molecule has 3 N–H and O–H groups in total. The second-order valence-electron chi connectivity index (χ2n) is 10.8. The number of sulfonamides is 1. The Balaban J connectivity index is 1.28. The number of aryl methyl sites for hydroxylation is 1. The number of pyridine rings is 1. The van der Waals surface area contributed by atoms with E-state index in [1.807, 2.05) is 36.4 Å². The minimum atomic E-state index is -3.85. The molecule has 9 nitrogen and oxygen atoms in total. The number of carboxylic acids is 1. The highest BCUT2D eigenvalue weighted by molar-refractivity contribution is 7.89. The molecule has 216 valence electrons. The molecule has 3 heterocycles. The number of rotatable bonds is 10. The van der Waals surface area contributed by atoms with Crippen LogP contribution in [0.5, 0.6) is 0 Å². The number of carbonyl (C=O) groups is 1. The molecule has 0 atom stereocenters. The summed E-state index contributed by atoms with van der Waals surface area (Å²) < 4.78 is 29.2. The van der Waals surface area contributed by atoms with Gasteiger partial charge in [0.25, 0.3) is 5.56 Å². The largest absolute Gasteiger partial charge is 0.481 e. The first kappa shape index (κ1) is 27.9. The van der Waals surface area contributed by atoms with Gasteiger partial charge in [-0.15, -0.1) is 0 Å². The molecular weight excluding hydrogens is 552 g/mol. The van der Waals surface area contributed by atoms with E-state index in [1.54, 1.807) is 25.4 Å². The van der Waals surface area contributed by atoms with E-state index in [0.29, 0.717) is 47.7 Å². The van der Waals surface area contributed by atoms with Crippen LogP contribution in [-0.2, 0) is 21.2 Å². The Morgan fingerprint density at radius 3 is 2.29 bits per heavy atom. The fraction of sp³-hybridized carbons (Fsp3) is 0.250. The fourth-order valence-corrected chi connectivity index (χ4v) is 7.30. The van der Waals surface area contributed by atoms with Gasteiger partial charge in [-0.1, -0.05) is 60.7 Å². The quantitative estimate of drug-likeness (QED) is 0.222. The summed E-state index contributed by atoms with van der Waals surface area (Å²) in [6.07, 6.45) is 2.56. The van der Waals surface area contributed by atoms with Gasteiger partial charge in [-0.25, -0.2) is 8.42 Å². The molecule has 42 heavy (non-hydrogen) atoms. The lowest BCUT2D eigenvalue weighted by Crippen LogP contribution is -2.60. The molecule has 3 aromatic carbocycles. The standard InChI is InChI=1S/C32H32N4O5S/c1-35(24-19-36(20-24)31(21-9-4-2-5-10-21)22-11-6-3-7-12-22)42(40,41)25-15-16-27-26(17-25)29-23(13-8-14-28(37)38)18-33-30(29)32(39)34-27/h2-7,9-12,15-18,24,31,33H,8,13-14,19-20H2,1H3,(H,34,39)(H,37,38). The Hall–Kier alpha value is -4.25. The van der Waals surface area contributed by atoms with E-state index in [9.17, 15) is 18.0 Å². The van der Waals surface area contributed by atoms with Gasteiger partial charge in [-0.05, 0) is 47.7 Å². The van der Waals surface area contributed by atoms with Crippen LogP contribution in [0.4, 0.5) is 0 Å². The van der Waals surface area contributed by atoms with Crippen LogP contribution in [0, 0.1) is 0 Å². The molecule has 0 unspecified atom stereocenters. The predicted molar refractivity (Wildman–Crippen MR) is 162 cm³/mol. The van der Waals surface area contributed by atoms with Crippen LogP contribution in [-0.4, -0.2) is 64.8 Å². The van der Waals surface area contributed by atoms with Crippen molar-refractivity contribution in [2.75, 3.05) is 20.1 Å². The first-order valence-electron chi connectivity index (χ1n) is 13.9. The molecule has 0 saturated carbocycles. The number of nitrogens with zero attached hydrogens (tertiary/aromatic N) is 2. The number of hydrogen-bond acceptors (Lipinski definition) is 5. The Bertz CT molecular complexity index is 1870. The zero-order valence-corrected chi connectivity index (χ0v) is 24.0. The third-order valence-electron chi connectivity index (χ3n) is 8.21. The SMILES string of the molecule is CN(C1CN(C(c2ccccc2)c2ccccc2)C1)S(=O)(=O)c1ccc2[nH]c(=O)c3[nH]cc(CCCC(=O)O)c3c2c1. The third kappa shape index (κ3) is 5.13. The zero-order chi connectivity index (χ0) is 29.4. The normalized spacial score (nSPS) is 14.6. The highest BCUT2D eigenvalue weighted by Gasteiger charge is 2.40. The number of H-pyrrole nitrogens is 2. The number of benzene rings is 3. The summed E-state index contributed by atoms with van der Waals surface area (Å²) in [6.45, 7) is 1.17. The Morgan fingerprint density at radius 2 is 1.67 bits per heavy atom. The lowest BCUT2D eigenvalue weighted by molar-refractivity contribution is -0.137. The van der Waals surface area contributed by atoms with Crippen molar-refractivity contribution in [2.24, 2.45) is 0 Å². The Morgan fingerprint density at radius 1 is 1.02 bits per heavy atom. The number of likely N-dealkylation sites (N-methyl/N-ethyl adjacent to an activating group) is 1. The van der Waals surface area contributed by atoms with Gasteiger partial charge in [0, 0.05) is 49.0 Å². The number of aromatic amines is 2. The minimum Gasteiger partial charge on any atom is -0.481 e. The highest BCUT2D eigenvalue weighted by Crippen LogP contribution is 2.35. The molecule has 10 heteroatoms. The average Bonchev–Trinajstić information content (AvgIpc) is 3.40. The maximum atomic E-state index is 13.9. The van der Waals surface area contributed by atoms with E-state index in [2.05, 4.69) is 39.1 Å². The van der Waals surface area contributed by atoms with E-state index in [4.69, 9.17) is 5.11 Å². The number of aromatic nitrogens is 2. The summed E-state index contributed by atoms with van der Waals surface area (Å²) in [5, 5.41) is 10.3. The third-order valence-corrected chi connectivity index (χ3v) is 10.1. The average molecular weight is 585 g/mol. The maximum Gasteiger partial charge on any atom is 0.303 e. The van der Waals surface area contributed by atoms with E-state index >= 15 is 0 Å². The minimum absolute atomic E-state index is 0.00598. The fourth-order valence-electron chi connectivity index (χ4n) is 5.94. The van der Waals surface area contributed by atoms with Gasteiger partial charge in [0.15, 0.2) is 0 Å². The molecule has 0 spiro atoms. The van der Waals surface area contributed by atoms with Crippen molar-refractivity contribution in [3.8, 4) is 0 Å². The molecule has 1 fully saturated rings. The summed E-state index contributed by atoms with van der Waals surface area (Å²) in [5.74, 6) is -0.887. The topological polar surface area (TPSA) is 127 Å². The predicted octanol–water partition coefficient (Wildman–Crippen LogP) is 4.51. The van der Waals surface area contributed by atoms with Gasteiger partial charge in [0.1, 0.15) is 5.52 Å². The molecule has 0 amide bonds.